The van der Waals surface area contributed by atoms with Crippen LogP contribution in [0.5, 0.6) is 0 Å². The molecule has 0 spiro atoms. The minimum atomic E-state index is 0.0302. The van der Waals surface area contributed by atoms with Gasteiger partial charge in [0.25, 0.3) is 0 Å². The summed E-state index contributed by atoms with van der Waals surface area (Å²) in [5.74, 6) is 0.981. The summed E-state index contributed by atoms with van der Waals surface area (Å²) < 4.78 is 0. The highest BCUT2D eigenvalue weighted by atomic mass is 16.1. The molecule has 142 valence electrons. The van der Waals surface area contributed by atoms with Crippen LogP contribution in [0, 0.1) is 5.92 Å². The van der Waals surface area contributed by atoms with E-state index in [1.165, 1.54) is 0 Å². The molecule has 0 unspecified atom stereocenters. The first kappa shape index (κ1) is 22.1. The van der Waals surface area contributed by atoms with Gasteiger partial charge in [0.2, 0.25) is 0 Å². The normalized spacial score (nSPS) is 14.1. The maximum absolute atomic E-state index is 12.4. The van der Waals surface area contributed by atoms with Gasteiger partial charge in [0, 0.05) is 18.4 Å². The molecule has 2 aromatic carbocycles. The third kappa shape index (κ3) is 7.53. The van der Waals surface area contributed by atoms with E-state index in [1.54, 1.807) is 0 Å². The van der Waals surface area contributed by atoms with E-state index in [4.69, 9.17) is 0 Å². The van der Waals surface area contributed by atoms with Crippen LogP contribution in [0.25, 0.3) is 0 Å². The molecular formula is C24H35NO. The number of hydrogen-bond acceptors (Lipinski definition) is 2. The van der Waals surface area contributed by atoms with E-state index in [0.717, 1.165) is 18.4 Å². The quantitative estimate of drug-likeness (QED) is 0.597. The van der Waals surface area contributed by atoms with E-state index >= 15 is 0 Å². The molecule has 2 nitrogen and oxygen atoms in total. The first-order chi connectivity index (χ1) is 12.5. The summed E-state index contributed by atoms with van der Waals surface area (Å²) in [5.41, 5.74) is 1.16. The van der Waals surface area contributed by atoms with Gasteiger partial charge < -0.3 is 4.90 Å². The van der Waals surface area contributed by atoms with Crippen molar-refractivity contribution in [2.75, 3.05) is 14.1 Å². The second-order valence-electron chi connectivity index (χ2n) is 7.09. The lowest BCUT2D eigenvalue weighted by Gasteiger charge is -2.32. The Kier molecular flexibility index (Phi) is 10.6. The number of ketones is 1. The van der Waals surface area contributed by atoms with Crippen molar-refractivity contribution in [3.05, 3.63) is 72.3 Å². The number of carbonyl (C=O) groups excluding carboxylic acids is 1. The van der Waals surface area contributed by atoms with Crippen LogP contribution < -0.4 is 0 Å². The second-order valence-corrected chi connectivity index (χ2v) is 7.09. The van der Waals surface area contributed by atoms with Crippen molar-refractivity contribution in [1.82, 2.24) is 4.90 Å². The highest BCUT2D eigenvalue weighted by Gasteiger charge is 2.27. The molecule has 2 aromatic rings. The molecule has 0 aliphatic carbocycles. The Balaban J connectivity index is 0.000000472. The number of nitrogens with zero attached hydrogens (tertiary/aromatic N) is 1. The van der Waals surface area contributed by atoms with Crippen molar-refractivity contribution in [3.63, 3.8) is 0 Å². The molecule has 0 amide bonds. The number of carbonyl (C=O) groups is 1. The van der Waals surface area contributed by atoms with E-state index in [0.29, 0.717) is 24.2 Å². The standard InChI is InChI=1S/C18H29NO.C6H6/c1-6-14(3)17(19(4)5)13-16(18(20)7-2)15-11-9-8-10-12-15;1-2-4-6-5-3-1/h8-12,14,16-17H,6-7,13H2,1-5H3;1-6H/t14-,16+,17-;/m1./s1. The van der Waals surface area contributed by atoms with Gasteiger partial charge in [0.15, 0.2) is 0 Å². The lowest BCUT2D eigenvalue weighted by molar-refractivity contribution is -0.120. The molecule has 0 saturated carbocycles. The van der Waals surface area contributed by atoms with Gasteiger partial charge in [0.05, 0.1) is 0 Å². The van der Waals surface area contributed by atoms with E-state index in [2.05, 4.69) is 45.0 Å². The molecule has 0 N–H and O–H groups in total. The summed E-state index contributed by atoms with van der Waals surface area (Å²) in [5, 5.41) is 0. The molecule has 0 aromatic heterocycles. The Bertz CT molecular complexity index is 567. The number of benzene rings is 2. The van der Waals surface area contributed by atoms with Crippen molar-refractivity contribution < 1.29 is 4.79 Å². The first-order valence-electron chi connectivity index (χ1n) is 9.75. The van der Waals surface area contributed by atoms with Crippen molar-refractivity contribution >= 4 is 5.78 Å². The van der Waals surface area contributed by atoms with E-state index in [9.17, 15) is 4.79 Å². The smallest absolute Gasteiger partial charge is 0.140 e. The molecule has 26 heavy (non-hydrogen) atoms. The molecule has 3 atom stereocenters. The fourth-order valence-corrected chi connectivity index (χ4v) is 3.24. The number of rotatable bonds is 8. The van der Waals surface area contributed by atoms with Crippen molar-refractivity contribution in [2.24, 2.45) is 5.92 Å². The van der Waals surface area contributed by atoms with Gasteiger partial charge in [-0.1, -0.05) is 93.9 Å². The van der Waals surface area contributed by atoms with Gasteiger partial charge in [-0.25, -0.2) is 0 Å². The van der Waals surface area contributed by atoms with Crippen LogP contribution in [0.4, 0.5) is 0 Å². The van der Waals surface area contributed by atoms with Crippen molar-refractivity contribution in [1.29, 1.82) is 0 Å². The molecule has 0 radical (unpaired) electrons. The van der Waals surface area contributed by atoms with E-state index in [-0.39, 0.29) is 5.92 Å². The Morgan fingerprint density at radius 3 is 1.73 bits per heavy atom. The van der Waals surface area contributed by atoms with Gasteiger partial charge in [0.1, 0.15) is 5.78 Å². The fraction of sp³-hybridized carbons (Fsp3) is 0.458. The summed E-state index contributed by atoms with van der Waals surface area (Å²) in [6, 6.07) is 22.7. The van der Waals surface area contributed by atoms with E-state index < -0.39 is 0 Å². The molecule has 0 fully saturated rings. The maximum atomic E-state index is 12.4. The Hall–Kier alpha value is -1.93. The predicted octanol–water partition coefficient (Wildman–Crippen LogP) is 5.80. The van der Waals surface area contributed by atoms with Gasteiger partial charge >= 0.3 is 0 Å². The molecular weight excluding hydrogens is 318 g/mol. The van der Waals surface area contributed by atoms with Gasteiger partial charge in [-0.15, -0.1) is 0 Å². The van der Waals surface area contributed by atoms with Crippen LogP contribution in [0.2, 0.25) is 0 Å². The highest BCUT2D eigenvalue weighted by molar-refractivity contribution is 5.85. The lowest BCUT2D eigenvalue weighted by atomic mass is 9.83. The zero-order chi connectivity index (χ0) is 19.4. The molecule has 0 aliphatic heterocycles. The van der Waals surface area contributed by atoms with Gasteiger partial charge in [-0.2, -0.15) is 0 Å². The van der Waals surface area contributed by atoms with Crippen LogP contribution in [0.1, 0.15) is 51.5 Å². The minimum absolute atomic E-state index is 0.0302. The average molecular weight is 354 g/mol. The molecule has 0 bridgehead atoms. The monoisotopic (exact) mass is 353 g/mol. The molecule has 0 heterocycles. The second kappa shape index (κ2) is 12.4. The van der Waals surface area contributed by atoms with Crippen LogP contribution in [-0.2, 0) is 4.79 Å². The van der Waals surface area contributed by atoms with Gasteiger partial charge in [-0.3, -0.25) is 4.79 Å². The molecule has 0 aliphatic rings. The summed E-state index contributed by atoms with van der Waals surface area (Å²) in [7, 11) is 4.24. The molecule has 2 rings (SSSR count). The molecule has 0 saturated heterocycles. The Morgan fingerprint density at radius 2 is 1.35 bits per heavy atom. The Morgan fingerprint density at radius 1 is 0.885 bits per heavy atom. The van der Waals surface area contributed by atoms with E-state index in [1.807, 2.05) is 61.5 Å². The zero-order valence-electron chi connectivity index (χ0n) is 17.1. The average Bonchev–Trinajstić information content (AvgIpc) is 2.70. The topological polar surface area (TPSA) is 20.3 Å². The largest absolute Gasteiger partial charge is 0.306 e. The lowest BCUT2D eigenvalue weighted by Crippen LogP contribution is -2.36. The van der Waals surface area contributed by atoms with Crippen LogP contribution in [0.3, 0.4) is 0 Å². The van der Waals surface area contributed by atoms with Gasteiger partial charge in [-0.05, 0) is 32.0 Å². The van der Waals surface area contributed by atoms with Crippen LogP contribution in [0.15, 0.2) is 66.7 Å². The Labute approximate surface area is 160 Å². The van der Waals surface area contributed by atoms with Crippen molar-refractivity contribution in [2.45, 2.75) is 52.0 Å². The zero-order valence-corrected chi connectivity index (χ0v) is 17.1. The number of Topliss-reactive ketones (excluding diaryl/α,β-unsaturated/α-hetero) is 1. The minimum Gasteiger partial charge on any atom is -0.306 e. The highest BCUT2D eigenvalue weighted by Crippen LogP contribution is 2.28. The summed E-state index contributed by atoms with van der Waals surface area (Å²) >= 11 is 0. The predicted molar refractivity (Wildman–Crippen MR) is 112 cm³/mol. The van der Waals surface area contributed by atoms with Crippen LogP contribution in [-0.4, -0.2) is 30.8 Å². The maximum Gasteiger partial charge on any atom is 0.140 e. The first-order valence-corrected chi connectivity index (χ1v) is 9.75. The summed E-state index contributed by atoms with van der Waals surface area (Å²) in [4.78, 5) is 14.6. The fourth-order valence-electron chi connectivity index (χ4n) is 3.24. The third-order valence-electron chi connectivity index (χ3n) is 5.05. The number of hydrogen-bond donors (Lipinski definition) is 0. The van der Waals surface area contributed by atoms with Crippen LogP contribution >= 0.6 is 0 Å². The molecule has 2 heteroatoms. The third-order valence-corrected chi connectivity index (χ3v) is 5.05. The summed E-state index contributed by atoms with van der Waals surface area (Å²) in [6.07, 6.45) is 2.67. The summed E-state index contributed by atoms with van der Waals surface area (Å²) in [6.45, 7) is 6.47. The van der Waals surface area contributed by atoms with Crippen molar-refractivity contribution in [3.8, 4) is 0 Å². The SMILES string of the molecule is CCC(=O)[C@@H](C[C@H]([C@H](C)CC)N(C)C)c1ccccc1.c1ccccc1.